The van der Waals surface area contributed by atoms with Gasteiger partial charge in [0.1, 0.15) is 5.82 Å². The number of rotatable bonds is 5. The molecule has 2 aromatic carbocycles. The van der Waals surface area contributed by atoms with Crippen LogP contribution in [0.3, 0.4) is 0 Å². The fraction of sp³-hybridized carbons (Fsp3) is 0.0500. The fourth-order valence-electron chi connectivity index (χ4n) is 2.64. The SMILES string of the molecule is O=C(N/N=C(/Cc1nc2ccccc2[nH]1)c1cccs1)c1ccccc1. The van der Waals surface area contributed by atoms with E-state index < -0.39 is 0 Å². The van der Waals surface area contributed by atoms with Gasteiger partial charge in [-0.3, -0.25) is 4.79 Å². The number of para-hydroxylation sites is 2. The first-order chi connectivity index (χ1) is 12.8. The molecule has 4 rings (SSSR count). The van der Waals surface area contributed by atoms with E-state index in [1.165, 1.54) is 0 Å². The minimum absolute atomic E-state index is 0.232. The van der Waals surface area contributed by atoms with Gasteiger partial charge in [0.05, 0.1) is 28.0 Å². The van der Waals surface area contributed by atoms with Gasteiger partial charge in [0, 0.05) is 5.56 Å². The van der Waals surface area contributed by atoms with Crippen molar-refractivity contribution in [3.05, 3.63) is 88.4 Å². The number of fused-ring (bicyclic) bond motifs is 1. The zero-order valence-corrected chi connectivity index (χ0v) is 14.7. The topological polar surface area (TPSA) is 70.1 Å². The number of nitrogens with one attached hydrogen (secondary N) is 2. The number of thiophene rings is 1. The molecule has 2 aromatic heterocycles. The number of hydrogen-bond donors (Lipinski definition) is 2. The molecule has 2 N–H and O–H groups in total. The molecule has 0 fully saturated rings. The molecule has 1 amide bonds. The summed E-state index contributed by atoms with van der Waals surface area (Å²) in [5, 5.41) is 6.36. The van der Waals surface area contributed by atoms with Gasteiger partial charge in [-0.1, -0.05) is 36.4 Å². The number of H-pyrrole nitrogens is 1. The molecule has 0 aliphatic rings. The van der Waals surface area contributed by atoms with Crippen LogP contribution in [0.15, 0.2) is 77.2 Å². The first-order valence-electron chi connectivity index (χ1n) is 8.19. The molecule has 4 aromatic rings. The Balaban J connectivity index is 1.59. The fourth-order valence-corrected chi connectivity index (χ4v) is 3.36. The van der Waals surface area contributed by atoms with Crippen molar-refractivity contribution < 1.29 is 4.79 Å². The highest BCUT2D eigenvalue weighted by Crippen LogP contribution is 2.15. The summed E-state index contributed by atoms with van der Waals surface area (Å²) in [6, 6.07) is 20.9. The number of carbonyl (C=O) groups is 1. The zero-order valence-electron chi connectivity index (χ0n) is 13.8. The highest BCUT2D eigenvalue weighted by Gasteiger charge is 2.11. The maximum absolute atomic E-state index is 12.3. The molecule has 0 radical (unpaired) electrons. The summed E-state index contributed by atoms with van der Waals surface area (Å²) in [5.74, 6) is 0.580. The standard InChI is InChI=1S/C20H16N4OS/c25-20(14-7-2-1-3-8-14)24-23-17(18-11-6-12-26-18)13-19-21-15-9-4-5-10-16(15)22-19/h1-12H,13H2,(H,21,22)(H,24,25)/b23-17-. The van der Waals surface area contributed by atoms with Gasteiger partial charge in [0.25, 0.3) is 5.91 Å². The number of hydrazone groups is 1. The molecule has 0 aliphatic heterocycles. The average Bonchev–Trinajstić information content (AvgIpc) is 3.34. The van der Waals surface area contributed by atoms with Gasteiger partial charge >= 0.3 is 0 Å². The van der Waals surface area contributed by atoms with Crippen molar-refractivity contribution in [1.82, 2.24) is 15.4 Å². The molecule has 5 nitrogen and oxygen atoms in total. The van der Waals surface area contributed by atoms with Crippen molar-refractivity contribution in [3.63, 3.8) is 0 Å². The highest BCUT2D eigenvalue weighted by atomic mass is 32.1. The second kappa shape index (κ2) is 7.33. The number of aromatic nitrogens is 2. The minimum atomic E-state index is -0.232. The van der Waals surface area contributed by atoms with Crippen LogP contribution in [0.25, 0.3) is 11.0 Å². The van der Waals surface area contributed by atoms with Crippen LogP contribution in [0.4, 0.5) is 0 Å². The Kier molecular flexibility index (Phi) is 4.57. The number of benzene rings is 2. The van der Waals surface area contributed by atoms with Gasteiger partial charge < -0.3 is 4.98 Å². The molecule has 2 heterocycles. The molecular weight excluding hydrogens is 344 g/mol. The smallest absolute Gasteiger partial charge is 0.271 e. The normalized spacial score (nSPS) is 11.6. The van der Waals surface area contributed by atoms with E-state index >= 15 is 0 Å². The van der Waals surface area contributed by atoms with Crippen LogP contribution in [0.2, 0.25) is 0 Å². The first kappa shape index (κ1) is 16.2. The Hall–Kier alpha value is -3.25. The molecular formula is C20H16N4OS. The molecule has 0 spiro atoms. The summed E-state index contributed by atoms with van der Waals surface area (Å²) in [6.07, 6.45) is 0.504. The summed E-state index contributed by atoms with van der Waals surface area (Å²) in [6.45, 7) is 0. The first-order valence-corrected chi connectivity index (χ1v) is 9.07. The van der Waals surface area contributed by atoms with Crippen LogP contribution in [-0.4, -0.2) is 21.6 Å². The van der Waals surface area contributed by atoms with Crippen molar-refractivity contribution in [1.29, 1.82) is 0 Å². The van der Waals surface area contributed by atoms with Gasteiger partial charge in [0.15, 0.2) is 0 Å². The molecule has 6 heteroatoms. The molecule has 0 unspecified atom stereocenters. The Morgan fingerprint density at radius 2 is 1.85 bits per heavy atom. The molecule has 0 aliphatic carbocycles. The molecule has 128 valence electrons. The highest BCUT2D eigenvalue weighted by molar-refractivity contribution is 7.12. The van der Waals surface area contributed by atoms with E-state index in [-0.39, 0.29) is 5.91 Å². The van der Waals surface area contributed by atoms with E-state index in [0.29, 0.717) is 12.0 Å². The lowest BCUT2D eigenvalue weighted by Crippen LogP contribution is -2.20. The van der Waals surface area contributed by atoms with Gasteiger partial charge in [-0.2, -0.15) is 5.10 Å². The Bertz CT molecular complexity index is 1020. The van der Waals surface area contributed by atoms with E-state index in [1.54, 1.807) is 23.5 Å². The molecule has 0 saturated heterocycles. The lowest BCUT2D eigenvalue weighted by atomic mass is 10.2. The Morgan fingerprint density at radius 3 is 2.62 bits per heavy atom. The van der Waals surface area contributed by atoms with Crippen molar-refractivity contribution in [2.75, 3.05) is 0 Å². The van der Waals surface area contributed by atoms with E-state index in [4.69, 9.17) is 0 Å². The number of amides is 1. The molecule has 0 atom stereocenters. The summed E-state index contributed by atoms with van der Waals surface area (Å²) in [5.41, 5.74) is 5.90. The van der Waals surface area contributed by atoms with Crippen LogP contribution in [0.5, 0.6) is 0 Å². The van der Waals surface area contributed by atoms with Crippen LogP contribution in [0.1, 0.15) is 21.1 Å². The predicted octanol–water partition coefficient (Wildman–Crippen LogP) is 4.00. The Morgan fingerprint density at radius 1 is 1.04 bits per heavy atom. The summed E-state index contributed by atoms with van der Waals surface area (Å²) in [4.78, 5) is 21.2. The third-order valence-corrected chi connectivity index (χ3v) is 4.83. The second-order valence-electron chi connectivity index (χ2n) is 5.72. The maximum atomic E-state index is 12.3. The van der Waals surface area contributed by atoms with Crippen molar-refractivity contribution in [3.8, 4) is 0 Å². The van der Waals surface area contributed by atoms with Gasteiger partial charge in [-0.05, 0) is 35.7 Å². The number of hydrogen-bond acceptors (Lipinski definition) is 4. The minimum Gasteiger partial charge on any atom is -0.342 e. The number of nitrogens with zero attached hydrogens (tertiary/aromatic N) is 2. The largest absolute Gasteiger partial charge is 0.342 e. The van der Waals surface area contributed by atoms with Gasteiger partial charge in [0.2, 0.25) is 0 Å². The lowest BCUT2D eigenvalue weighted by Gasteiger charge is -2.04. The van der Waals surface area contributed by atoms with Crippen LogP contribution < -0.4 is 5.43 Å². The quantitative estimate of drug-likeness (QED) is 0.417. The molecule has 0 bridgehead atoms. The zero-order chi connectivity index (χ0) is 17.8. The second-order valence-corrected chi connectivity index (χ2v) is 6.67. The van der Waals surface area contributed by atoms with Crippen LogP contribution in [-0.2, 0) is 6.42 Å². The average molecular weight is 360 g/mol. The van der Waals surface area contributed by atoms with Crippen LogP contribution >= 0.6 is 11.3 Å². The number of carbonyl (C=O) groups excluding carboxylic acids is 1. The summed E-state index contributed by atoms with van der Waals surface area (Å²) >= 11 is 1.58. The third kappa shape index (κ3) is 3.55. The van der Waals surface area contributed by atoms with Gasteiger partial charge in [-0.15, -0.1) is 11.3 Å². The van der Waals surface area contributed by atoms with Crippen molar-refractivity contribution in [2.24, 2.45) is 5.10 Å². The number of aromatic amines is 1. The van der Waals surface area contributed by atoms with E-state index in [2.05, 4.69) is 20.5 Å². The van der Waals surface area contributed by atoms with E-state index in [9.17, 15) is 4.79 Å². The van der Waals surface area contributed by atoms with Gasteiger partial charge in [-0.25, -0.2) is 10.4 Å². The monoisotopic (exact) mass is 360 g/mol. The molecule has 0 saturated carbocycles. The molecule has 26 heavy (non-hydrogen) atoms. The maximum Gasteiger partial charge on any atom is 0.271 e. The van der Waals surface area contributed by atoms with E-state index in [0.717, 1.165) is 27.4 Å². The lowest BCUT2D eigenvalue weighted by molar-refractivity contribution is 0.0955. The van der Waals surface area contributed by atoms with Crippen molar-refractivity contribution >= 4 is 34.0 Å². The summed E-state index contributed by atoms with van der Waals surface area (Å²) < 4.78 is 0. The predicted molar refractivity (Wildman–Crippen MR) is 105 cm³/mol. The van der Waals surface area contributed by atoms with Crippen molar-refractivity contribution in [2.45, 2.75) is 6.42 Å². The van der Waals surface area contributed by atoms with E-state index in [1.807, 2.05) is 60.0 Å². The third-order valence-electron chi connectivity index (χ3n) is 3.91. The summed E-state index contributed by atoms with van der Waals surface area (Å²) in [7, 11) is 0. The van der Waals surface area contributed by atoms with Crippen LogP contribution in [0, 0.1) is 0 Å². The number of imidazole rings is 1. The Labute approximate surface area is 154 Å².